The Hall–Kier alpha value is -5.19. The van der Waals surface area contributed by atoms with Crippen molar-refractivity contribution >= 4 is 31.2 Å². The number of benzene rings is 4. The minimum absolute atomic E-state index is 0.0380. The zero-order chi connectivity index (χ0) is 34.4. The van der Waals surface area contributed by atoms with E-state index < -0.39 is 51.9 Å². The van der Waals surface area contributed by atoms with E-state index in [0.29, 0.717) is 19.1 Å². The standard InChI is InChI=1S/2C14H11F2N2O.2C5H5.Ti/c2*15-11-7-6-10(13(16)8-11)9-17-14(19)18-12-4-2-1-3-5-12;2*1-2-4-5-3-1;/h2*1-7H,9H2,(H2,17,18,19);2*1-3H,4H2;. The van der Waals surface area contributed by atoms with E-state index in [-0.39, 0.29) is 44.8 Å². The number of allylic oxidation sites excluding steroid dienone is 8. The molecule has 6 nitrogen and oxygen atoms in total. The molecule has 0 aromatic heterocycles. The number of carbonyl (C=O) groups excluding carboxylic acids is 2. The van der Waals surface area contributed by atoms with Crippen LogP contribution < -0.4 is 29.0 Å². The second-order valence-electron chi connectivity index (χ2n) is 11.5. The Labute approximate surface area is 284 Å². The average Bonchev–Trinajstić information content (AvgIpc) is 3.84. The Bertz CT molecular complexity index is 1870. The van der Waals surface area contributed by atoms with E-state index in [1.165, 1.54) is 12.1 Å². The molecule has 11 heteroatoms. The van der Waals surface area contributed by atoms with Gasteiger partial charge in [0.05, 0.1) is 0 Å². The van der Waals surface area contributed by atoms with Crippen LogP contribution in [-0.4, -0.2) is 12.1 Å². The minimum atomic E-state index is -5.11. The number of nitrogens with one attached hydrogen (secondary N) is 4. The molecule has 0 saturated carbocycles. The van der Waals surface area contributed by atoms with Gasteiger partial charge in [0.1, 0.15) is 0 Å². The summed E-state index contributed by atoms with van der Waals surface area (Å²) in [6, 6.07) is 20.7. The predicted octanol–water partition coefficient (Wildman–Crippen LogP) is 7.68. The van der Waals surface area contributed by atoms with Crippen molar-refractivity contribution in [2.75, 3.05) is 10.6 Å². The maximum absolute atomic E-state index is 17.0. The fourth-order valence-corrected chi connectivity index (χ4v) is 14.7. The van der Waals surface area contributed by atoms with Crippen molar-refractivity contribution in [1.29, 1.82) is 0 Å². The molecule has 4 aromatic rings. The normalized spacial score (nSPS) is 13.6. The molecule has 248 valence electrons. The first-order chi connectivity index (χ1) is 23.8. The van der Waals surface area contributed by atoms with E-state index in [1.807, 2.05) is 0 Å². The molecule has 0 bridgehead atoms. The Morgan fingerprint density at radius 2 is 0.980 bits per heavy atom. The first-order valence-corrected chi connectivity index (χ1v) is 18.8. The van der Waals surface area contributed by atoms with Gasteiger partial charge in [-0.05, 0) is 0 Å². The summed E-state index contributed by atoms with van der Waals surface area (Å²) in [4.78, 5) is 25.3. The number of halogens is 4. The van der Waals surface area contributed by atoms with Gasteiger partial charge >= 0.3 is 286 Å². The van der Waals surface area contributed by atoms with Crippen LogP contribution in [0, 0.1) is 23.3 Å². The number of carbonyl (C=O) groups is 2. The number of urea groups is 2. The molecule has 0 aliphatic heterocycles. The zero-order valence-corrected chi connectivity index (χ0v) is 27.8. The van der Waals surface area contributed by atoms with E-state index in [4.69, 9.17) is 0 Å². The van der Waals surface area contributed by atoms with Gasteiger partial charge in [-0.15, -0.1) is 0 Å². The van der Waals surface area contributed by atoms with Gasteiger partial charge in [-0.3, -0.25) is 0 Å². The third-order valence-corrected chi connectivity index (χ3v) is 16.5. The van der Waals surface area contributed by atoms with Crippen molar-refractivity contribution in [1.82, 2.24) is 10.6 Å². The third-order valence-electron chi connectivity index (χ3n) is 8.54. The Morgan fingerprint density at radius 1 is 0.571 bits per heavy atom. The first kappa shape index (κ1) is 33.7. The molecule has 0 unspecified atom stereocenters. The molecule has 0 fully saturated rings. The fourth-order valence-electron chi connectivity index (χ4n) is 6.32. The van der Waals surface area contributed by atoms with E-state index in [0.717, 1.165) is 12.1 Å². The van der Waals surface area contributed by atoms with Crippen molar-refractivity contribution in [3.8, 4) is 0 Å². The van der Waals surface area contributed by atoms with Crippen molar-refractivity contribution in [3.05, 3.63) is 164 Å². The molecule has 0 atom stereocenters. The van der Waals surface area contributed by atoms with Crippen molar-refractivity contribution < 1.29 is 43.7 Å². The molecule has 4 aromatic carbocycles. The molecule has 4 amide bonds. The molecule has 4 N–H and O–H groups in total. The summed E-state index contributed by atoms with van der Waals surface area (Å²) in [5.41, 5.74) is 0.967. The van der Waals surface area contributed by atoms with Gasteiger partial charge in [0, 0.05) is 0 Å². The van der Waals surface area contributed by atoms with Crippen LogP contribution in [0.15, 0.2) is 129 Å². The first-order valence-electron chi connectivity index (χ1n) is 15.7. The van der Waals surface area contributed by atoms with Gasteiger partial charge in [0.2, 0.25) is 0 Å². The van der Waals surface area contributed by atoms with Crippen molar-refractivity contribution in [2.45, 2.75) is 25.9 Å². The third kappa shape index (κ3) is 7.02. The topological polar surface area (TPSA) is 82.3 Å². The van der Waals surface area contributed by atoms with Gasteiger partial charge in [0.25, 0.3) is 0 Å². The molecule has 6 rings (SSSR count). The van der Waals surface area contributed by atoms with Crippen LogP contribution in [0.25, 0.3) is 0 Å². The van der Waals surface area contributed by atoms with E-state index in [2.05, 4.69) is 21.3 Å². The Morgan fingerprint density at radius 3 is 1.35 bits per heavy atom. The number of rotatable bonds is 10. The maximum atomic E-state index is 17.0. The quantitative estimate of drug-likeness (QED) is 0.101. The van der Waals surface area contributed by atoms with Crippen LogP contribution in [0.4, 0.5) is 38.5 Å². The second-order valence-corrected chi connectivity index (χ2v) is 17.4. The average molecular weight is 701 g/mol. The molecule has 2 aliphatic rings. The van der Waals surface area contributed by atoms with Crippen LogP contribution in [0.2, 0.25) is 0 Å². The summed E-state index contributed by atoms with van der Waals surface area (Å²) >= 11 is -5.11. The van der Waals surface area contributed by atoms with Crippen molar-refractivity contribution in [2.24, 2.45) is 0 Å². The number of hydrogen-bond acceptors (Lipinski definition) is 2. The van der Waals surface area contributed by atoms with Crippen LogP contribution in [0.3, 0.4) is 0 Å². The summed E-state index contributed by atoms with van der Waals surface area (Å²) in [7, 11) is 0. The molecule has 2 aliphatic carbocycles. The fraction of sp³-hybridized carbons (Fsp3) is 0.105. The summed E-state index contributed by atoms with van der Waals surface area (Å²) in [6.07, 6.45) is 10.9. The van der Waals surface area contributed by atoms with E-state index >= 15 is 17.6 Å². The van der Waals surface area contributed by atoms with Crippen molar-refractivity contribution in [3.63, 3.8) is 0 Å². The van der Waals surface area contributed by atoms with Crippen LogP contribution in [0.1, 0.15) is 24.0 Å². The number of hydrogen-bond donors (Lipinski definition) is 4. The van der Waals surface area contributed by atoms with E-state index in [1.54, 1.807) is 97.1 Å². The number of amides is 4. The van der Waals surface area contributed by atoms with Gasteiger partial charge in [-0.1, -0.05) is 0 Å². The summed E-state index contributed by atoms with van der Waals surface area (Å²) < 4.78 is 66.9. The summed E-state index contributed by atoms with van der Waals surface area (Å²) in [6.45, 7) is -0.619. The summed E-state index contributed by atoms with van der Waals surface area (Å²) in [5.74, 6) is -3.80. The second kappa shape index (κ2) is 14.9. The molecule has 49 heavy (non-hydrogen) atoms. The van der Waals surface area contributed by atoms with Gasteiger partial charge in [-0.25, -0.2) is 0 Å². The molecule has 0 saturated heterocycles. The van der Waals surface area contributed by atoms with E-state index in [9.17, 15) is 9.59 Å². The van der Waals surface area contributed by atoms with Crippen LogP contribution in [0.5, 0.6) is 0 Å². The zero-order valence-electron chi connectivity index (χ0n) is 26.2. The van der Waals surface area contributed by atoms with Crippen LogP contribution >= 0.6 is 0 Å². The molecule has 0 heterocycles. The molecule has 0 spiro atoms. The van der Waals surface area contributed by atoms with Gasteiger partial charge in [0.15, 0.2) is 0 Å². The number of para-hydroxylation sites is 2. The SMILES string of the molecule is O=C(NCc1ccc(F)[c]([Ti]([C]2=CC=CC2)([C]2=CC=CC2)[c]2c(F)ccc(CNC(=O)Nc3ccccc3)c2F)c1F)Nc1ccccc1. The van der Waals surface area contributed by atoms with Gasteiger partial charge in [-0.2, -0.15) is 0 Å². The Kier molecular flexibility index (Phi) is 10.3. The monoisotopic (exact) mass is 700 g/mol. The van der Waals surface area contributed by atoms with Crippen LogP contribution in [-0.2, 0) is 29.7 Å². The predicted molar refractivity (Wildman–Crippen MR) is 180 cm³/mol. The summed E-state index contributed by atoms with van der Waals surface area (Å²) in [5, 5.41) is 10.5. The molecular formula is C38H32F4N4O2Ti. The number of anilines is 2. The molecule has 0 radical (unpaired) electrons. The molecular weight excluding hydrogens is 668 g/mol. The Balaban J connectivity index is 1.42. The van der Waals surface area contributed by atoms with Gasteiger partial charge < -0.3 is 0 Å².